The van der Waals surface area contributed by atoms with Crippen LogP contribution >= 0.6 is 15.9 Å². The van der Waals surface area contributed by atoms with E-state index in [1.807, 2.05) is 55.5 Å². The zero-order valence-corrected chi connectivity index (χ0v) is 13.0. The molecule has 1 amide bonds. The highest BCUT2D eigenvalue weighted by Gasteiger charge is 2.13. The molecule has 1 heterocycles. The molecular weight excluding hydrogens is 328 g/mol. The molecule has 0 atom stereocenters. The van der Waals surface area contributed by atoms with Crippen molar-refractivity contribution in [1.29, 1.82) is 0 Å². The fourth-order valence-electron chi connectivity index (χ4n) is 2.23. The molecule has 0 saturated carbocycles. The Balaban J connectivity index is 2.00. The number of rotatable bonds is 2. The molecule has 2 aromatic carbocycles. The van der Waals surface area contributed by atoms with Crippen molar-refractivity contribution in [2.45, 2.75) is 6.92 Å². The van der Waals surface area contributed by atoms with Crippen molar-refractivity contribution in [3.8, 4) is 0 Å². The van der Waals surface area contributed by atoms with E-state index in [1.165, 1.54) is 0 Å². The average molecular weight is 341 g/mol. The molecule has 4 heteroatoms. The summed E-state index contributed by atoms with van der Waals surface area (Å²) in [5.74, 6) is -0.210. The second kappa shape index (κ2) is 5.66. The summed E-state index contributed by atoms with van der Waals surface area (Å²) in [6.45, 7) is 1.98. The fourth-order valence-corrected chi connectivity index (χ4v) is 2.59. The number of benzene rings is 2. The van der Waals surface area contributed by atoms with Crippen molar-refractivity contribution in [2.75, 3.05) is 5.32 Å². The topological polar surface area (TPSA) is 42.0 Å². The quantitative estimate of drug-likeness (QED) is 0.743. The Bertz CT molecular complexity index is 825. The predicted octanol–water partition coefficient (Wildman–Crippen LogP) is 4.56. The minimum Gasteiger partial charge on any atom is -0.320 e. The van der Waals surface area contributed by atoms with Gasteiger partial charge in [-0.3, -0.25) is 9.78 Å². The maximum Gasteiger partial charge on any atom is 0.274 e. The Kier molecular flexibility index (Phi) is 3.71. The lowest BCUT2D eigenvalue weighted by Crippen LogP contribution is -2.14. The Labute approximate surface area is 131 Å². The number of amides is 1. The molecule has 0 unspecified atom stereocenters. The molecular formula is C17H13BrN2O. The number of aromatic nitrogens is 1. The van der Waals surface area contributed by atoms with E-state index < -0.39 is 0 Å². The summed E-state index contributed by atoms with van der Waals surface area (Å²) < 4.78 is 0.888. The molecule has 0 radical (unpaired) electrons. The number of halogens is 1. The lowest BCUT2D eigenvalue weighted by Gasteiger charge is -2.10. The number of nitrogens with zero attached hydrogens (tertiary/aromatic N) is 1. The van der Waals surface area contributed by atoms with Crippen LogP contribution in [0.4, 0.5) is 5.69 Å². The van der Waals surface area contributed by atoms with Gasteiger partial charge in [-0.05, 0) is 45.9 Å². The molecule has 104 valence electrons. The molecule has 0 aliphatic rings. The van der Waals surface area contributed by atoms with E-state index in [2.05, 4.69) is 26.2 Å². The summed E-state index contributed by atoms with van der Waals surface area (Å²) in [6.07, 6.45) is 1.66. The van der Waals surface area contributed by atoms with Gasteiger partial charge in [-0.1, -0.05) is 36.4 Å². The maximum atomic E-state index is 12.5. The van der Waals surface area contributed by atoms with Gasteiger partial charge in [0.05, 0.1) is 5.69 Å². The molecule has 0 aliphatic heterocycles. The largest absolute Gasteiger partial charge is 0.320 e. The highest BCUT2D eigenvalue weighted by atomic mass is 79.9. The van der Waals surface area contributed by atoms with Crippen LogP contribution in [0.1, 0.15) is 16.1 Å². The molecule has 3 aromatic rings. The third kappa shape index (κ3) is 2.67. The molecule has 0 fully saturated rings. The van der Waals surface area contributed by atoms with E-state index in [1.54, 1.807) is 6.20 Å². The third-order valence-electron chi connectivity index (χ3n) is 3.33. The zero-order chi connectivity index (χ0) is 14.8. The molecule has 0 bridgehead atoms. The number of carbonyl (C=O) groups is 1. The van der Waals surface area contributed by atoms with Crippen LogP contribution < -0.4 is 5.32 Å². The number of pyridine rings is 1. The lowest BCUT2D eigenvalue weighted by atomic mass is 10.1. The van der Waals surface area contributed by atoms with Crippen LogP contribution in [0.15, 0.2) is 59.2 Å². The van der Waals surface area contributed by atoms with Crippen molar-refractivity contribution < 1.29 is 4.79 Å². The second-order valence-corrected chi connectivity index (χ2v) is 5.56. The first-order valence-corrected chi connectivity index (χ1v) is 7.36. The number of hydrogen-bond acceptors (Lipinski definition) is 2. The number of hydrogen-bond donors (Lipinski definition) is 1. The third-order valence-corrected chi connectivity index (χ3v) is 4.38. The minimum atomic E-state index is -0.210. The Morgan fingerprint density at radius 2 is 1.90 bits per heavy atom. The molecule has 21 heavy (non-hydrogen) atoms. The summed E-state index contributed by atoms with van der Waals surface area (Å²) in [6, 6.07) is 15.4. The first-order valence-electron chi connectivity index (χ1n) is 6.57. The van der Waals surface area contributed by atoms with Crippen LogP contribution in [0.2, 0.25) is 0 Å². The van der Waals surface area contributed by atoms with E-state index >= 15 is 0 Å². The van der Waals surface area contributed by atoms with E-state index in [0.29, 0.717) is 5.69 Å². The van der Waals surface area contributed by atoms with Gasteiger partial charge in [0.2, 0.25) is 0 Å². The van der Waals surface area contributed by atoms with Crippen molar-refractivity contribution >= 4 is 38.3 Å². The van der Waals surface area contributed by atoms with Crippen LogP contribution in [-0.4, -0.2) is 10.9 Å². The van der Waals surface area contributed by atoms with Crippen molar-refractivity contribution in [2.24, 2.45) is 0 Å². The van der Waals surface area contributed by atoms with Gasteiger partial charge in [0.25, 0.3) is 5.91 Å². The zero-order valence-electron chi connectivity index (χ0n) is 11.4. The summed E-state index contributed by atoms with van der Waals surface area (Å²) in [4.78, 5) is 16.7. The van der Waals surface area contributed by atoms with Crippen LogP contribution in [-0.2, 0) is 0 Å². The van der Waals surface area contributed by atoms with Gasteiger partial charge in [0.1, 0.15) is 5.69 Å². The van der Waals surface area contributed by atoms with Gasteiger partial charge in [-0.15, -0.1) is 0 Å². The molecule has 0 saturated heterocycles. The van der Waals surface area contributed by atoms with Gasteiger partial charge >= 0.3 is 0 Å². The van der Waals surface area contributed by atoms with Crippen LogP contribution in [0, 0.1) is 6.92 Å². The highest BCUT2D eigenvalue weighted by Crippen LogP contribution is 2.26. The van der Waals surface area contributed by atoms with E-state index in [4.69, 9.17) is 0 Å². The standard InChI is InChI=1S/C17H13BrN2O/c1-11-5-4-8-14(15(11)18)20-17(21)16-13-7-3-2-6-12(13)9-10-19-16/h2-10H,1H3,(H,20,21). The summed E-state index contributed by atoms with van der Waals surface area (Å²) in [5.41, 5.74) is 2.25. The smallest absolute Gasteiger partial charge is 0.274 e. The highest BCUT2D eigenvalue weighted by molar-refractivity contribution is 9.10. The fraction of sp³-hybridized carbons (Fsp3) is 0.0588. The number of nitrogens with one attached hydrogen (secondary N) is 1. The summed E-state index contributed by atoms with van der Waals surface area (Å²) in [7, 11) is 0. The molecule has 0 spiro atoms. The van der Waals surface area contributed by atoms with Crippen molar-refractivity contribution in [3.05, 3.63) is 70.5 Å². The molecule has 1 N–H and O–H groups in total. The second-order valence-electron chi connectivity index (χ2n) is 4.77. The lowest BCUT2D eigenvalue weighted by molar-refractivity contribution is 0.102. The van der Waals surface area contributed by atoms with E-state index in [-0.39, 0.29) is 5.91 Å². The molecule has 3 rings (SSSR count). The van der Waals surface area contributed by atoms with Crippen LogP contribution in [0.3, 0.4) is 0 Å². The molecule has 1 aromatic heterocycles. The molecule has 3 nitrogen and oxygen atoms in total. The number of aryl methyl sites for hydroxylation is 1. The van der Waals surface area contributed by atoms with E-state index in [9.17, 15) is 4.79 Å². The Hall–Kier alpha value is -2.20. The summed E-state index contributed by atoms with van der Waals surface area (Å²) >= 11 is 3.50. The van der Waals surface area contributed by atoms with Crippen molar-refractivity contribution in [1.82, 2.24) is 4.98 Å². The number of carbonyl (C=O) groups excluding carboxylic acids is 1. The predicted molar refractivity (Wildman–Crippen MR) is 88.6 cm³/mol. The van der Waals surface area contributed by atoms with Gasteiger partial charge < -0.3 is 5.32 Å². The monoisotopic (exact) mass is 340 g/mol. The van der Waals surface area contributed by atoms with Gasteiger partial charge in [0, 0.05) is 16.1 Å². The Morgan fingerprint density at radius 3 is 2.76 bits per heavy atom. The van der Waals surface area contributed by atoms with Gasteiger partial charge in [0.15, 0.2) is 0 Å². The van der Waals surface area contributed by atoms with Crippen molar-refractivity contribution in [3.63, 3.8) is 0 Å². The SMILES string of the molecule is Cc1cccc(NC(=O)c2nccc3ccccc23)c1Br. The number of fused-ring (bicyclic) bond motifs is 1. The Morgan fingerprint density at radius 1 is 1.10 bits per heavy atom. The van der Waals surface area contributed by atoms with Gasteiger partial charge in [-0.25, -0.2) is 0 Å². The normalized spacial score (nSPS) is 10.6. The van der Waals surface area contributed by atoms with Crippen LogP contribution in [0.5, 0.6) is 0 Å². The number of anilines is 1. The molecule has 0 aliphatic carbocycles. The van der Waals surface area contributed by atoms with Crippen LogP contribution in [0.25, 0.3) is 10.8 Å². The van der Waals surface area contributed by atoms with E-state index in [0.717, 1.165) is 26.5 Å². The minimum absolute atomic E-state index is 0.210. The maximum absolute atomic E-state index is 12.5. The first-order chi connectivity index (χ1) is 10.2. The first kappa shape index (κ1) is 13.8. The van der Waals surface area contributed by atoms with Gasteiger partial charge in [-0.2, -0.15) is 0 Å². The average Bonchev–Trinajstić information content (AvgIpc) is 2.51. The summed E-state index contributed by atoms with van der Waals surface area (Å²) in [5, 5.41) is 4.76.